The molecule has 1 fully saturated rings. The monoisotopic (exact) mass is 355 g/mol. The number of halogens is 1. The molecule has 0 bridgehead atoms. The second-order valence-corrected chi connectivity index (χ2v) is 6.62. The van der Waals surface area contributed by atoms with Crippen molar-refractivity contribution in [3.05, 3.63) is 65.1 Å². The lowest BCUT2D eigenvalue weighted by Gasteiger charge is -2.17. The smallest absolute Gasteiger partial charge is 0.364 e. The summed E-state index contributed by atoms with van der Waals surface area (Å²) >= 11 is 0. The molecule has 0 spiro atoms. The zero-order valence-electron chi connectivity index (χ0n) is 14.7. The van der Waals surface area contributed by atoms with Crippen molar-refractivity contribution in [2.24, 2.45) is 0 Å². The van der Waals surface area contributed by atoms with Gasteiger partial charge in [0.25, 0.3) is 0 Å². The van der Waals surface area contributed by atoms with Crippen LogP contribution in [0.5, 0.6) is 0 Å². The van der Waals surface area contributed by atoms with Gasteiger partial charge < -0.3 is 10.4 Å². The van der Waals surface area contributed by atoms with E-state index < -0.39 is 11.8 Å². The zero-order valence-corrected chi connectivity index (χ0v) is 14.7. The van der Waals surface area contributed by atoms with Crippen molar-refractivity contribution in [2.75, 3.05) is 18.4 Å². The molecule has 0 radical (unpaired) electrons. The first-order chi connectivity index (χ1) is 12.5. The Hall–Kier alpha value is -2.73. The van der Waals surface area contributed by atoms with Crippen LogP contribution in [0.4, 0.5) is 10.2 Å². The molecular weight excluding hydrogens is 333 g/mol. The fraction of sp³-hybridized carbons (Fsp3) is 0.300. The van der Waals surface area contributed by atoms with E-state index in [1.807, 2.05) is 0 Å². The molecule has 6 heteroatoms. The second-order valence-electron chi connectivity index (χ2n) is 6.62. The summed E-state index contributed by atoms with van der Waals surface area (Å²) in [5, 5.41) is 11.9. The minimum absolute atomic E-state index is 0.310. The Morgan fingerprint density at radius 2 is 2.12 bits per heavy atom. The topological polar surface area (TPSA) is 65.5 Å². The lowest BCUT2D eigenvalue weighted by atomic mass is 10.1. The van der Waals surface area contributed by atoms with Crippen molar-refractivity contribution in [3.8, 4) is 0 Å². The highest BCUT2D eigenvalue weighted by Gasteiger charge is 2.22. The Morgan fingerprint density at radius 3 is 2.77 bits per heavy atom. The molecule has 1 aromatic heterocycles. The van der Waals surface area contributed by atoms with Gasteiger partial charge in [-0.25, -0.2) is 9.78 Å². The third kappa shape index (κ3) is 4.89. The van der Waals surface area contributed by atoms with Crippen LogP contribution in [0, 0.1) is 6.92 Å². The van der Waals surface area contributed by atoms with E-state index in [9.17, 15) is 9.18 Å². The van der Waals surface area contributed by atoms with E-state index in [2.05, 4.69) is 46.4 Å². The summed E-state index contributed by atoms with van der Waals surface area (Å²) in [5.74, 6) is -2.07. The highest BCUT2D eigenvalue weighted by atomic mass is 19.1. The van der Waals surface area contributed by atoms with Crippen molar-refractivity contribution >= 4 is 17.9 Å². The van der Waals surface area contributed by atoms with Crippen molar-refractivity contribution in [1.82, 2.24) is 9.88 Å². The number of benzene rings is 1. The summed E-state index contributed by atoms with van der Waals surface area (Å²) in [5.41, 5.74) is 3.00. The molecule has 26 heavy (non-hydrogen) atoms. The van der Waals surface area contributed by atoms with Crippen LogP contribution >= 0.6 is 0 Å². The highest BCUT2D eigenvalue weighted by Crippen LogP contribution is 2.18. The van der Waals surface area contributed by atoms with Crippen molar-refractivity contribution in [2.45, 2.75) is 25.9 Å². The fourth-order valence-electron chi connectivity index (χ4n) is 3.04. The van der Waals surface area contributed by atoms with Gasteiger partial charge in [-0.05, 0) is 42.7 Å². The summed E-state index contributed by atoms with van der Waals surface area (Å²) in [7, 11) is 0. The summed E-state index contributed by atoms with van der Waals surface area (Å²) < 4.78 is 13.1. The maximum Gasteiger partial charge on any atom is 0.364 e. The number of nitrogens with zero attached hydrogens (tertiary/aromatic N) is 2. The number of aromatic nitrogens is 1. The Balaban J connectivity index is 1.53. The van der Waals surface area contributed by atoms with Gasteiger partial charge in [0.05, 0.1) is 0 Å². The maximum atomic E-state index is 13.1. The molecule has 2 heterocycles. The van der Waals surface area contributed by atoms with Gasteiger partial charge in [0.2, 0.25) is 5.83 Å². The van der Waals surface area contributed by atoms with E-state index in [4.69, 9.17) is 5.11 Å². The molecule has 2 N–H and O–H groups in total. The Kier molecular flexibility index (Phi) is 5.63. The highest BCUT2D eigenvalue weighted by molar-refractivity contribution is 5.89. The van der Waals surface area contributed by atoms with Crippen LogP contribution in [0.2, 0.25) is 0 Å². The van der Waals surface area contributed by atoms with Gasteiger partial charge in [-0.1, -0.05) is 29.8 Å². The Bertz CT molecular complexity index is 788. The first kappa shape index (κ1) is 18.1. The van der Waals surface area contributed by atoms with Gasteiger partial charge in [-0.3, -0.25) is 4.90 Å². The van der Waals surface area contributed by atoms with Crippen LogP contribution in [0.3, 0.4) is 0 Å². The fourth-order valence-corrected chi connectivity index (χ4v) is 3.04. The van der Waals surface area contributed by atoms with Gasteiger partial charge in [0, 0.05) is 31.9 Å². The predicted molar refractivity (Wildman–Crippen MR) is 99.4 cm³/mol. The molecule has 0 amide bonds. The van der Waals surface area contributed by atoms with E-state index in [-0.39, 0.29) is 0 Å². The minimum Gasteiger partial charge on any atom is -0.476 e. The number of aliphatic carboxylic acids is 1. The first-order valence-electron chi connectivity index (χ1n) is 8.60. The maximum absolute atomic E-state index is 13.1. The van der Waals surface area contributed by atoms with Crippen LogP contribution in [0.25, 0.3) is 6.08 Å². The lowest BCUT2D eigenvalue weighted by Crippen LogP contribution is -2.26. The SMILES string of the molecule is Cc1ccc(CN2CC[C@@H](Nc3ccc(/C=C(\F)C(=O)O)cn3)C2)cc1. The van der Waals surface area contributed by atoms with Crippen LogP contribution in [-0.4, -0.2) is 40.1 Å². The van der Waals surface area contributed by atoms with Gasteiger partial charge in [-0.15, -0.1) is 0 Å². The third-order valence-corrected chi connectivity index (χ3v) is 4.44. The molecule has 1 atom stereocenters. The number of carboxylic acids is 1. The molecule has 2 aromatic rings. The molecule has 1 aromatic carbocycles. The van der Waals surface area contributed by atoms with E-state index in [0.717, 1.165) is 32.1 Å². The van der Waals surface area contributed by atoms with Gasteiger partial charge in [0.1, 0.15) is 5.82 Å². The molecule has 1 aliphatic rings. The number of nitrogens with one attached hydrogen (secondary N) is 1. The number of hydrogen-bond donors (Lipinski definition) is 2. The summed E-state index contributed by atoms with van der Waals surface area (Å²) in [4.78, 5) is 17.1. The van der Waals surface area contributed by atoms with E-state index in [0.29, 0.717) is 17.4 Å². The van der Waals surface area contributed by atoms with Crippen LogP contribution in [0.15, 0.2) is 48.4 Å². The molecule has 5 nitrogen and oxygen atoms in total. The average Bonchev–Trinajstić information content (AvgIpc) is 3.05. The number of anilines is 1. The van der Waals surface area contributed by atoms with Gasteiger partial charge in [0.15, 0.2) is 0 Å². The van der Waals surface area contributed by atoms with Gasteiger partial charge in [-0.2, -0.15) is 4.39 Å². The van der Waals surface area contributed by atoms with Crippen LogP contribution in [-0.2, 0) is 11.3 Å². The third-order valence-electron chi connectivity index (χ3n) is 4.44. The quantitative estimate of drug-likeness (QED) is 0.777. The standard InChI is InChI=1S/C20H22FN3O2/c1-14-2-4-15(5-3-14)12-24-9-8-17(13-24)23-19-7-6-16(11-22-19)10-18(21)20(25)26/h2-7,10-11,17H,8-9,12-13H2,1H3,(H,22,23)(H,25,26)/b18-10-/t17-/m1/s1. The van der Waals surface area contributed by atoms with E-state index in [1.54, 1.807) is 12.1 Å². The molecule has 3 rings (SSSR count). The number of aryl methyl sites for hydroxylation is 1. The largest absolute Gasteiger partial charge is 0.476 e. The normalized spacial score (nSPS) is 18.1. The summed E-state index contributed by atoms with van der Waals surface area (Å²) in [6.45, 7) is 4.98. The number of rotatable bonds is 6. The van der Waals surface area contributed by atoms with Crippen LogP contribution in [0.1, 0.15) is 23.1 Å². The molecule has 0 saturated carbocycles. The van der Waals surface area contributed by atoms with E-state index >= 15 is 0 Å². The minimum atomic E-state index is -1.58. The number of pyridine rings is 1. The number of likely N-dealkylation sites (tertiary alicyclic amines) is 1. The van der Waals surface area contributed by atoms with Crippen LogP contribution < -0.4 is 5.32 Å². The summed E-state index contributed by atoms with van der Waals surface area (Å²) in [6.07, 6.45) is 3.45. The molecular formula is C20H22FN3O2. The zero-order chi connectivity index (χ0) is 18.5. The lowest BCUT2D eigenvalue weighted by molar-refractivity contribution is -0.134. The first-order valence-corrected chi connectivity index (χ1v) is 8.60. The predicted octanol–water partition coefficient (Wildman–Crippen LogP) is 3.47. The van der Waals surface area contributed by atoms with Gasteiger partial charge >= 0.3 is 5.97 Å². The Labute approximate surface area is 152 Å². The Morgan fingerprint density at radius 1 is 1.35 bits per heavy atom. The van der Waals surface area contributed by atoms with Crippen molar-refractivity contribution in [1.29, 1.82) is 0 Å². The second kappa shape index (κ2) is 8.10. The molecule has 0 unspecified atom stereocenters. The number of carbonyl (C=O) groups is 1. The summed E-state index contributed by atoms with van der Waals surface area (Å²) in [6, 6.07) is 12.3. The van der Waals surface area contributed by atoms with E-state index in [1.165, 1.54) is 17.3 Å². The van der Waals surface area contributed by atoms with Crippen molar-refractivity contribution in [3.63, 3.8) is 0 Å². The molecule has 1 aliphatic heterocycles. The number of hydrogen-bond acceptors (Lipinski definition) is 4. The molecule has 0 aliphatic carbocycles. The molecule has 1 saturated heterocycles. The number of carboxylic acid groups (broad SMARTS) is 1. The average molecular weight is 355 g/mol. The van der Waals surface area contributed by atoms with Crippen molar-refractivity contribution < 1.29 is 14.3 Å². The molecule has 136 valence electrons.